The number of hydrogen-bond donors (Lipinski definition) is 2. The van der Waals surface area contributed by atoms with Crippen LogP contribution in [-0.2, 0) is 16.0 Å². The van der Waals surface area contributed by atoms with Gasteiger partial charge in [0.25, 0.3) is 0 Å². The van der Waals surface area contributed by atoms with Crippen LogP contribution < -0.4 is 10.6 Å². The SMILES string of the molecule is C=CCCCC1NC(=O)C(Cc2cncc(Br)c2)NC1=O. The first kappa shape index (κ1) is 15.7. The maximum Gasteiger partial charge on any atom is 0.243 e. The van der Waals surface area contributed by atoms with E-state index in [1.807, 2.05) is 12.1 Å². The number of carbonyl (C=O) groups is 2. The van der Waals surface area contributed by atoms with Gasteiger partial charge in [0, 0.05) is 23.3 Å². The van der Waals surface area contributed by atoms with Crippen LogP contribution in [0.4, 0.5) is 0 Å². The van der Waals surface area contributed by atoms with Crippen molar-refractivity contribution in [2.75, 3.05) is 0 Å². The van der Waals surface area contributed by atoms with Crippen LogP contribution in [0.15, 0.2) is 35.6 Å². The van der Waals surface area contributed by atoms with Crippen molar-refractivity contribution in [2.45, 2.75) is 37.8 Å². The molecule has 21 heavy (non-hydrogen) atoms. The van der Waals surface area contributed by atoms with Gasteiger partial charge in [0.15, 0.2) is 0 Å². The zero-order chi connectivity index (χ0) is 15.2. The van der Waals surface area contributed by atoms with E-state index in [2.05, 4.69) is 38.1 Å². The summed E-state index contributed by atoms with van der Waals surface area (Å²) in [4.78, 5) is 28.2. The molecule has 0 bridgehead atoms. The van der Waals surface area contributed by atoms with Crippen molar-refractivity contribution in [1.82, 2.24) is 15.6 Å². The molecule has 1 saturated heterocycles. The van der Waals surface area contributed by atoms with E-state index in [-0.39, 0.29) is 11.8 Å². The Balaban J connectivity index is 1.94. The molecule has 0 aromatic carbocycles. The van der Waals surface area contributed by atoms with Crippen LogP contribution >= 0.6 is 15.9 Å². The Morgan fingerprint density at radius 2 is 1.95 bits per heavy atom. The summed E-state index contributed by atoms with van der Waals surface area (Å²) in [6.45, 7) is 3.65. The Morgan fingerprint density at radius 3 is 2.67 bits per heavy atom. The zero-order valence-electron chi connectivity index (χ0n) is 11.6. The number of allylic oxidation sites excluding steroid dienone is 1. The van der Waals surface area contributed by atoms with Crippen LogP contribution in [0, 0.1) is 0 Å². The lowest BCUT2D eigenvalue weighted by Gasteiger charge is -2.29. The topological polar surface area (TPSA) is 71.1 Å². The molecule has 6 heteroatoms. The fourth-order valence-electron chi connectivity index (χ4n) is 2.29. The Kier molecular flexibility index (Phi) is 5.50. The summed E-state index contributed by atoms with van der Waals surface area (Å²) >= 11 is 3.34. The maximum atomic E-state index is 12.1. The molecule has 0 radical (unpaired) electrons. The van der Waals surface area contributed by atoms with Gasteiger partial charge in [0.05, 0.1) is 0 Å². The average Bonchev–Trinajstić information content (AvgIpc) is 2.44. The van der Waals surface area contributed by atoms with Gasteiger partial charge in [0.2, 0.25) is 11.8 Å². The number of nitrogens with one attached hydrogen (secondary N) is 2. The molecular formula is C15H18BrN3O2. The number of carbonyl (C=O) groups excluding carboxylic acids is 2. The van der Waals surface area contributed by atoms with E-state index in [1.54, 1.807) is 12.4 Å². The predicted molar refractivity (Wildman–Crippen MR) is 83.6 cm³/mol. The molecule has 0 spiro atoms. The quantitative estimate of drug-likeness (QED) is 0.605. The molecule has 2 atom stereocenters. The van der Waals surface area contributed by atoms with Crippen LogP contribution in [-0.4, -0.2) is 28.9 Å². The third-order valence-electron chi connectivity index (χ3n) is 3.37. The van der Waals surface area contributed by atoms with Crippen molar-refractivity contribution in [3.8, 4) is 0 Å². The minimum Gasteiger partial charge on any atom is -0.343 e. The zero-order valence-corrected chi connectivity index (χ0v) is 13.2. The Bertz CT molecular complexity index is 547. The molecule has 112 valence electrons. The van der Waals surface area contributed by atoms with Crippen LogP contribution in [0.25, 0.3) is 0 Å². The lowest BCUT2D eigenvalue weighted by Crippen LogP contribution is -2.62. The second kappa shape index (κ2) is 7.36. The van der Waals surface area contributed by atoms with Gasteiger partial charge in [-0.2, -0.15) is 0 Å². The van der Waals surface area contributed by atoms with Gasteiger partial charge < -0.3 is 10.6 Å². The highest BCUT2D eigenvalue weighted by Gasteiger charge is 2.33. The van der Waals surface area contributed by atoms with Gasteiger partial charge in [-0.25, -0.2) is 0 Å². The third-order valence-corrected chi connectivity index (χ3v) is 3.80. The normalized spacial score (nSPS) is 21.6. The van der Waals surface area contributed by atoms with Gasteiger partial charge in [-0.05, 0) is 46.8 Å². The van der Waals surface area contributed by atoms with E-state index in [1.165, 1.54) is 0 Å². The van der Waals surface area contributed by atoms with Gasteiger partial charge >= 0.3 is 0 Å². The van der Waals surface area contributed by atoms with Crippen molar-refractivity contribution in [3.05, 3.63) is 41.2 Å². The molecule has 1 aromatic heterocycles. The van der Waals surface area contributed by atoms with Gasteiger partial charge in [-0.3, -0.25) is 14.6 Å². The first-order valence-electron chi connectivity index (χ1n) is 6.91. The standard InChI is InChI=1S/C15H18BrN3O2/c1-2-3-4-5-12-14(20)19-13(15(21)18-12)7-10-6-11(16)9-17-8-10/h2,6,8-9,12-13H,1,3-5,7H2,(H,18,21)(H,19,20). The van der Waals surface area contributed by atoms with Gasteiger partial charge in [0.1, 0.15) is 12.1 Å². The molecule has 2 heterocycles. The van der Waals surface area contributed by atoms with E-state index in [4.69, 9.17) is 0 Å². The summed E-state index contributed by atoms with van der Waals surface area (Å²) in [6.07, 6.45) is 7.93. The third kappa shape index (κ3) is 4.39. The number of aromatic nitrogens is 1. The molecule has 1 aromatic rings. The smallest absolute Gasteiger partial charge is 0.243 e. The fourth-order valence-corrected chi connectivity index (χ4v) is 2.70. The number of piperazine rings is 1. The predicted octanol–water partition coefficient (Wildman–Crippen LogP) is 1.73. The van der Waals surface area contributed by atoms with Crippen molar-refractivity contribution < 1.29 is 9.59 Å². The van der Waals surface area contributed by atoms with Gasteiger partial charge in [-0.15, -0.1) is 6.58 Å². The molecular weight excluding hydrogens is 334 g/mol. The Morgan fingerprint density at radius 1 is 1.24 bits per heavy atom. The summed E-state index contributed by atoms with van der Waals surface area (Å²) < 4.78 is 0.852. The molecule has 1 aliphatic heterocycles. The molecule has 0 saturated carbocycles. The van der Waals surface area contributed by atoms with Crippen molar-refractivity contribution >= 4 is 27.7 Å². The minimum absolute atomic E-state index is 0.119. The van der Waals surface area contributed by atoms with Gasteiger partial charge in [-0.1, -0.05) is 6.08 Å². The highest BCUT2D eigenvalue weighted by Crippen LogP contribution is 2.13. The number of halogens is 1. The molecule has 2 rings (SSSR count). The van der Waals surface area contributed by atoms with Crippen LogP contribution in [0.3, 0.4) is 0 Å². The molecule has 2 amide bonds. The molecule has 0 aliphatic carbocycles. The summed E-state index contributed by atoms with van der Waals surface area (Å²) in [6, 6.07) is 0.918. The number of amides is 2. The fraction of sp³-hybridized carbons (Fsp3) is 0.400. The summed E-state index contributed by atoms with van der Waals surface area (Å²) in [5.74, 6) is -0.259. The largest absolute Gasteiger partial charge is 0.343 e. The molecule has 5 nitrogen and oxygen atoms in total. The second-order valence-corrected chi connectivity index (χ2v) is 5.97. The summed E-state index contributed by atoms with van der Waals surface area (Å²) in [5.41, 5.74) is 0.898. The maximum absolute atomic E-state index is 12.1. The van der Waals surface area contributed by atoms with Crippen LogP contribution in [0.5, 0.6) is 0 Å². The van der Waals surface area contributed by atoms with Crippen molar-refractivity contribution in [1.29, 1.82) is 0 Å². The average molecular weight is 352 g/mol. The highest BCUT2D eigenvalue weighted by atomic mass is 79.9. The van der Waals surface area contributed by atoms with E-state index in [9.17, 15) is 9.59 Å². The number of hydrogen-bond acceptors (Lipinski definition) is 3. The van der Waals surface area contributed by atoms with E-state index < -0.39 is 12.1 Å². The summed E-state index contributed by atoms with van der Waals surface area (Å²) in [5, 5.41) is 5.58. The van der Waals surface area contributed by atoms with Crippen molar-refractivity contribution in [2.24, 2.45) is 0 Å². The molecule has 1 fully saturated rings. The molecule has 1 aliphatic rings. The Hall–Kier alpha value is -1.69. The van der Waals surface area contributed by atoms with Crippen LogP contribution in [0.2, 0.25) is 0 Å². The van der Waals surface area contributed by atoms with E-state index >= 15 is 0 Å². The van der Waals surface area contributed by atoms with Crippen molar-refractivity contribution in [3.63, 3.8) is 0 Å². The number of nitrogens with zero attached hydrogens (tertiary/aromatic N) is 1. The first-order valence-corrected chi connectivity index (χ1v) is 7.70. The van der Waals surface area contributed by atoms with E-state index in [0.717, 1.165) is 22.9 Å². The lowest BCUT2D eigenvalue weighted by molar-refractivity contribution is -0.136. The highest BCUT2D eigenvalue weighted by molar-refractivity contribution is 9.10. The monoisotopic (exact) mass is 351 g/mol. The molecule has 2 unspecified atom stereocenters. The molecule has 2 N–H and O–H groups in total. The second-order valence-electron chi connectivity index (χ2n) is 5.06. The van der Waals surface area contributed by atoms with E-state index in [0.29, 0.717) is 12.8 Å². The number of pyridine rings is 1. The lowest BCUT2D eigenvalue weighted by atomic mass is 10.0. The number of unbranched alkanes of at least 4 members (excludes halogenated alkanes) is 1. The van der Waals surface area contributed by atoms with Crippen LogP contribution in [0.1, 0.15) is 24.8 Å². The first-order chi connectivity index (χ1) is 10.1. The Labute approximate surface area is 132 Å². The summed E-state index contributed by atoms with van der Waals surface area (Å²) in [7, 11) is 0. The number of rotatable bonds is 6. The minimum atomic E-state index is -0.538.